The standard InChI is InChI=1S/C48H38N2/c1-3-4-16-35(2)45-34-42(49(39-19-10-6-11-20-39)41-28-25-37(26-29-41)36-17-8-5-9-18-36)30-31-43(45)38-27-32-48-46(33-38)44-23-14-15-24-47(44)50(48)40-21-12-7-13-22-40/h3-25,27-34,37H,1-2,26H2/b16-4-. The molecule has 1 aliphatic rings. The summed E-state index contributed by atoms with van der Waals surface area (Å²) in [7, 11) is 0. The molecule has 50 heavy (non-hydrogen) atoms. The first-order chi connectivity index (χ1) is 24.7. The van der Waals surface area contributed by atoms with Crippen LogP contribution in [-0.2, 0) is 0 Å². The monoisotopic (exact) mass is 642 g/mol. The quantitative estimate of drug-likeness (QED) is 0.142. The first-order valence-corrected chi connectivity index (χ1v) is 17.2. The molecule has 0 fully saturated rings. The van der Waals surface area contributed by atoms with E-state index in [1.54, 1.807) is 6.08 Å². The van der Waals surface area contributed by atoms with Gasteiger partial charge in [-0.15, -0.1) is 0 Å². The summed E-state index contributed by atoms with van der Waals surface area (Å²) in [6.45, 7) is 8.47. The van der Waals surface area contributed by atoms with Crippen LogP contribution >= 0.6 is 0 Å². The Bertz CT molecular complexity index is 2430. The second-order valence-electron chi connectivity index (χ2n) is 12.7. The Morgan fingerprint density at radius 3 is 2.12 bits per heavy atom. The van der Waals surface area contributed by atoms with Gasteiger partial charge in [-0.2, -0.15) is 0 Å². The van der Waals surface area contributed by atoms with Crippen molar-refractivity contribution in [2.24, 2.45) is 0 Å². The van der Waals surface area contributed by atoms with Crippen molar-refractivity contribution in [2.45, 2.75) is 12.3 Å². The molecule has 0 radical (unpaired) electrons. The van der Waals surface area contributed by atoms with E-state index >= 15 is 0 Å². The minimum atomic E-state index is 0.363. The topological polar surface area (TPSA) is 8.17 Å². The van der Waals surface area contributed by atoms with Crippen molar-refractivity contribution in [3.05, 3.63) is 218 Å². The van der Waals surface area contributed by atoms with Crippen LogP contribution in [-0.4, -0.2) is 4.57 Å². The fourth-order valence-corrected chi connectivity index (χ4v) is 7.20. The van der Waals surface area contributed by atoms with Gasteiger partial charge in [0.1, 0.15) is 0 Å². The molecule has 0 saturated heterocycles. The molecule has 1 atom stereocenters. The number of para-hydroxylation sites is 3. The summed E-state index contributed by atoms with van der Waals surface area (Å²) in [4.78, 5) is 2.35. The van der Waals surface area contributed by atoms with Crippen LogP contribution in [0.5, 0.6) is 0 Å². The van der Waals surface area contributed by atoms with E-state index < -0.39 is 0 Å². The molecule has 0 bridgehead atoms. The van der Waals surface area contributed by atoms with Gasteiger partial charge in [-0.3, -0.25) is 0 Å². The Balaban J connectivity index is 1.25. The highest BCUT2D eigenvalue weighted by molar-refractivity contribution is 6.10. The smallest absolute Gasteiger partial charge is 0.0541 e. The highest BCUT2D eigenvalue weighted by atomic mass is 15.1. The van der Waals surface area contributed by atoms with E-state index in [1.807, 2.05) is 12.2 Å². The average Bonchev–Trinajstić information content (AvgIpc) is 3.52. The number of benzene rings is 6. The molecule has 1 unspecified atom stereocenters. The molecule has 0 N–H and O–H groups in total. The van der Waals surface area contributed by atoms with Gasteiger partial charge >= 0.3 is 0 Å². The predicted octanol–water partition coefficient (Wildman–Crippen LogP) is 13.0. The number of hydrogen-bond acceptors (Lipinski definition) is 1. The number of nitrogens with zero attached hydrogens (tertiary/aromatic N) is 2. The third-order valence-corrected chi connectivity index (χ3v) is 9.62. The molecule has 2 nitrogen and oxygen atoms in total. The summed E-state index contributed by atoms with van der Waals surface area (Å²) in [5.74, 6) is 0.363. The fourth-order valence-electron chi connectivity index (χ4n) is 7.20. The highest BCUT2D eigenvalue weighted by Gasteiger charge is 2.20. The Labute approximate surface area is 294 Å². The molecule has 2 heteroatoms. The van der Waals surface area contributed by atoms with Crippen molar-refractivity contribution in [2.75, 3.05) is 4.90 Å². The zero-order valence-electron chi connectivity index (χ0n) is 28.0. The van der Waals surface area contributed by atoms with E-state index in [-0.39, 0.29) is 0 Å². The second kappa shape index (κ2) is 13.6. The summed E-state index contributed by atoms with van der Waals surface area (Å²) in [6.07, 6.45) is 13.7. The van der Waals surface area contributed by atoms with E-state index in [9.17, 15) is 0 Å². The molecule has 240 valence electrons. The lowest BCUT2D eigenvalue weighted by Gasteiger charge is -2.30. The maximum atomic E-state index is 4.55. The number of aromatic nitrogens is 1. The molecule has 1 heterocycles. The number of anilines is 2. The summed E-state index contributed by atoms with van der Waals surface area (Å²) in [5, 5.41) is 2.46. The molecule has 0 saturated carbocycles. The van der Waals surface area contributed by atoms with Crippen LogP contribution in [0, 0.1) is 0 Å². The zero-order valence-corrected chi connectivity index (χ0v) is 28.0. The molecule has 1 aliphatic carbocycles. The Morgan fingerprint density at radius 1 is 0.680 bits per heavy atom. The lowest BCUT2D eigenvalue weighted by atomic mass is 9.90. The molecular weight excluding hydrogens is 605 g/mol. The van der Waals surface area contributed by atoms with Crippen LogP contribution in [0.1, 0.15) is 23.5 Å². The first kappa shape index (κ1) is 30.9. The van der Waals surface area contributed by atoms with Gasteiger partial charge in [-0.1, -0.05) is 141 Å². The van der Waals surface area contributed by atoms with Crippen LogP contribution in [0.3, 0.4) is 0 Å². The minimum absolute atomic E-state index is 0.363. The third-order valence-electron chi connectivity index (χ3n) is 9.62. The van der Waals surface area contributed by atoms with Gasteiger partial charge in [0.25, 0.3) is 0 Å². The van der Waals surface area contributed by atoms with Gasteiger partial charge in [0.05, 0.1) is 11.0 Å². The molecule has 8 rings (SSSR count). The molecule has 1 aromatic heterocycles. The van der Waals surface area contributed by atoms with E-state index in [2.05, 4.69) is 193 Å². The molecule has 7 aromatic rings. The molecule has 0 amide bonds. The molecule has 0 spiro atoms. The predicted molar refractivity (Wildman–Crippen MR) is 214 cm³/mol. The number of hydrogen-bond donors (Lipinski definition) is 0. The van der Waals surface area contributed by atoms with Gasteiger partial charge in [0.2, 0.25) is 0 Å². The number of rotatable bonds is 9. The van der Waals surface area contributed by atoms with Crippen molar-refractivity contribution in [3.8, 4) is 16.8 Å². The van der Waals surface area contributed by atoms with Crippen molar-refractivity contribution in [1.82, 2.24) is 4.57 Å². The Morgan fingerprint density at radius 2 is 1.38 bits per heavy atom. The van der Waals surface area contributed by atoms with Gasteiger partial charge in [0, 0.05) is 39.4 Å². The largest absolute Gasteiger partial charge is 0.311 e. The van der Waals surface area contributed by atoms with Gasteiger partial charge in [0.15, 0.2) is 0 Å². The Kier molecular flexibility index (Phi) is 8.42. The van der Waals surface area contributed by atoms with E-state index in [0.29, 0.717) is 5.92 Å². The zero-order chi connectivity index (χ0) is 33.9. The van der Waals surface area contributed by atoms with Crippen LogP contribution in [0.2, 0.25) is 0 Å². The van der Waals surface area contributed by atoms with Crippen LogP contribution in [0.4, 0.5) is 11.4 Å². The summed E-state index contributed by atoms with van der Waals surface area (Å²) in [5.41, 5.74) is 12.5. The SMILES string of the molecule is C=C/C=C\C(=C)c1cc(N(C2=CCC(c3ccccc3)C=C2)c2ccccc2)ccc1-c1ccc2c(c1)c1ccccc1n2-c1ccccc1. The van der Waals surface area contributed by atoms with Crippen LogP contribution in [0.15, 0.2) is 207 Å². The van der Waals surface area contributed by atoms with Gasteiger partial charge in [-0.05, 0) is 94.9 Å². The number of fused-ring (bicyclic) bond motifs is 3. The lowest BCUT2D eigenvalue weighted by molar-refractivity contribution is 0.840. The van der Waals surface area contributed by atoms with Gasteiger partial charge in [-0.25, -0.2) is 0 Å². The molecular formula is C48H38N2. The molecule has 6 aromatic carbocycles. The second-order valence-corrected chi connectivity index (χ2v) is 12.7. The van der Waals surface area contributed by atoms with Crippen molar-refractivity contribution in [1.29, 1.82) is 0 Å². The summed E-state index contributed by atoms with van der Waals surface area (Å²) < 4.78 is 2.36. The minimum Gasteiger partial charge on any atom is -0.311 e. The summed E-state index contributed by atoms with van der Waals surface area (Å²) in [6, 6.07) is 54.3. The van der Waals surface area contributed by atoms with Crippen LogP contribution in [0.25, 0.3) is 44.2 Å². The lowest BCUT2D eigenvalue weighted by Crippen LogP contribution is -2.17. The van der Waals surface area contributed by atoms with Crippen molar-refractivity contribution in [3.63, 3.8) is 0 Å². The third kappa shape index (κ3) is 5.82. The van der Waals surface area contributed by atoms with E-state index in [0.717, 1.165) is 51.4 Å². The normalized spacial score (nSPS) is 14.2. The van der Waals surface area contributed by atoms with E-state index in [4.69, 9.17) is 0 Å². The maximum Gasteiger partial charge on any atom is 0.0541 e. The van der Waals surface area contributed by atoms with Crippen LogP contribution < -0.4 is 4.90 Å². The highest BCUT2D eigenvalue weighted by Crippen LogP contribution is 2.41. The van der Waals surface area contributed by atoms with Crippen molar-refractivity contribution < 1.29 is 0 Å². The fraction of sp³-hybridized carbons (Fsp3) is 0.0417. The van der Waals surface area contributed by atoms with Crippen molar-refractivity contribution >= 4 is 38.8 Å². The average molecular weight is 643 g/mol. The first-order valence-electron chi connectivity index (χ1n) is 17.2. The van der Waals surface area contributed by atoms with Gasteiger partial charge < -0.3 is 9.47 Å². The maximum absolute atomic E-state index is 4.55. The van der Waals surface area contributed by atoms with E-state index in [1.165, 1.54) is 27.4 Å². The number of allylic oxidation sites excluding steroid dienone is 7. The molecule has 0 aliphatic heterocycles. The summed E-state index contributed by atoms with van der Waals surface area (Å²) >= 11 is 0. The Hall–Kier alpha value is -6.38.